The van der Waals surface area contributed by atoms with Gasteiger partial charge >= 0.3 is 0 Å². The van der Waals surface area contributed by atoms with Crippen molar-refractivity contribution in [3.05, 3.63) is 34.6 Å². The lowest BCUT2D eigenvalue weighted by Gasteiger charge is -2.06. The summed E-state index contributed by atoms with van der Waals surface area (Å²) < 4.78 is 13.4. The second kappa shape index (κ2) is 5.65. The molecule has 1 aromatic carbocycles. The molecule has 1 aliphatic rings. The van der Waals surface area contributed by atoms with Crippen molar-refractivity contribution >= 4 is 11.6 Å². The van der Waals surface area contributed by atoms with Crippen LogP contribution in [0.4, 0.5) is 4.39 Å². The molecule has 3 heteroatoms. The van der Waals surface area contributed by atoms with Gasteiger partial charge in [0.2, 0.25) is 0 Å². The van der Waals surface area contributed by atoms with Crippen LogP contribution in [0.15, 0.2) is 18.2 Å². The van der Waals surface area contributed by atoms with Crippen LogP contribution in [0.1, 0.15) is 31.2 Å². The Morgan fingerprint density at radius 3 is 2.81 bits per heavy atom. The van der Waals surface area contributed by atoms with Gasteiger partial charge in [0.25, 0.3) is 0 Å². The fourth-order valence-electron chi connectivity index (χ4n) is 1.79. The molecule has 1 N–H and O–H groups in total. The van der Waals surface area contributed by atoms with Crippen molar-refractivity contribution in [1.29, 1.82) is 0 Å². The maximum absolute atomic E-state index is 13.4. The molecular formula is C13H17ClFN. The molecule has 0 spiro atoms. The molecule has 1 saturated carbocycles. The van der Waals surface area contributed by atoms with E-state index in [1.54, 1.807) is 12.1 Å². The van der Waals surface area contributed by atoms with Crippen LogP contribution in [0, 0.1) is 5.82 Å². The minimum Gasteiger partial charge on any atom is -0.314 e. The Hall–Kier alpha value is -0.600. The molecule has 1 aromatic rings. The summed E-state index contributed by atoms with van der Waals surface area (Å²) in [5, 5.41) is 4.00. The largest absolute Gasteiger partial charge is 0.314 e. The van der Waals surface area contributed by atoms with Crippen LogP contribution < -0.4 is 5.32 Å². The predicted octanol–water partition coefficient (Wildman–Crippen LogP) is 3.55. The molecule has 0 bridgehead atoms. The van der Waals surface area contributed by atoms with E-state index in [2.05, 4.69) is 5.32 Å². The molecule has 0 aliphatic heterocycles. The van der Waals surface area contributed by atoms with Crippen molar-refractivity contribution < 1.29 is 4.39 Å². The fourth-order valence-corrected chi connectivity index (χ4v) is 2.05. The highest BCUT2D eigenvalue weighted by atomic mass is 35.5. The molecule has 2 rings (SSSR count). The van der Waals surface area contributed by atoms with Crippen molar-refractivity contribution in [2.75, 3.05) is 6.54 Å². The summed E-state index contributed by atoms with van der Waals surface area (Å²) in [6.45, 7) is 1.04. The first-order valence-corrected chi connectivity index (χ1v) is 6.31. The van der Waals surface area contributed by atoms with E-state index in [0.717, 1.165) is 31.8 Å². The monoisotopic (exact) mass is 241 g/mol. The van der Waals surface area contributed by atoms with Gasteiger partial charge < -0.3 is 5.32 Å². The predicted molar refractivity (Wildman–Crippen MR) is 65.4 cm³/mol. The lowest BCUT2D eigenvalue weighted by molar-refractivity contribution is 0.586. The second-order valence-electron chi connectivity index (χ2n) is 4.39. The number of hydrogen-bond acceptors (Lipinski definition) is 1. The average molecular weight is 242 g/mol. The van der Waals surface area contributed by atoms with Gasteiger partial charge in [0.15, 0.2) is 0 Å². The minimum absolute atomic E-state index is 0.178. The van der Waals surface area contributed by atoms with Crippen LogP contribution in [0.5, 0.6) is 0 Å². The van der Waals surface area contributed by atoms with E-state index in [-0.39, 0.29) is 5.82 Å². The fraction of sp³-hybridized carbons (Fsp3) is 0.538. The van der Waals surface area contributed by atoms with Crippen LogP contribution >= 0.6 is 11.6 Å². The quantitative estimate of drug-likeness (QED) is 0.751. The van der Waals surface area contributed by atoms with Gasteiger partial charge in [0.1, 0.15) is 5.82 Å². The SMILES string of the molecule is Fc1cccc(Cl)c1CCCCNC1CC1. The summed E-state index contributed by atoms with van der Waals surface area (Å²) in [5.74, 6) is -0.178. The van der Waals surface area contributed by atoms with E-state index in [1.165, 1.54) is 18.9 Å². The molecule has 1 fully saturated rings. The van der Waals surface area contributed by atoms with E-state index in [9.17, 15) is 4.39 Å². The first-order chi connectivity index (χ1) is 7.77. The zero-order valence-electron chi connectivity index (χ0n) is 9.31. The maximum Gasteiger partial charge on any atom is 0.127 e. The summed E-state index contributed by atoms with van der Waals surface area (Å²) in [5.41, 5.74) is 0.663. The molecule has 0 aromatic heterocycles. The smallest absolute Gasteiger partial charge is 0.127 e. The molecule has 1 nitrogen and oxygen atoms in total. The topological polar surface area (TPSA) is 12.0 Å². The van der Waals surface area contributed by atoms with Crippen LogP contribution in [-0.2, 0) is 6.42 Å². The molecule has 0 amide bonds. The second-order valence-corrected chi connectivity index (χ2v) is 4.79. The summed E-state index contributed by atoms with van der Waals surface area (Å²) in [4.78, 5) is 0. The average Bonchev–Trinajstić information content (AvgIpc) is 3.05. The normalized spacial score (nSPS) is 15.4. The van der Waals surface area contributed by atoms with E-state index in [1.807, 2.05) is 0 Å². The van der Waals surface area contributed by atoms with Crippen LogP contribution in [-0.4, -0.2) is 12.6 Å². The summed E-state index contributed by atoms with van der Waals surface area (Å²) in [7, 11) is 0. The van der Waals surface area contributed by atoms with Crippen LogP contribution in [0.3, 0.4) is 0 Å². The standard InChI is InChI=1S/C13H17ClFN/c14-12-5-3-6-13(15)11(12)4-1-2-9-16-10-7-8-10/h3,5-6,10,16H,1-2,4,7-9H2. The molecule has 0 unspecified atom stereocenters. The van der Waals surface area contributed by atoms with Gasteiger partial charge in [-0.2, -0.15) is 0 Å². The molecular weight excluding hydrogens is 225 g/mol. The summed E-state index contributed by atoms with van der Waals surface area (Å²) >= 11 is 5.95. The number of benzene rings is 1. The van der Waals surface area contributed by atoms with Crippen molar-refractivity contribution in [3.63, 3.8) is 0 Å². The van der Waals surface area contributed by atoms with E-state index in [4.69, 9.17) is 11.6 Å². The molecule has 0 radical (unpaired) electrons. The van der Waals surface area contributed by atoms with Gasteiger partial charge in [0, 0.05) is 16.6 Å². The van der Waals surface area contributed by atoms with Gasteiger partial charge in [-0.1, -0.05) is 17.7 Å². The minimum atomic E-state index is -0.178. The Morgan fingerprint density at radius 1 is 1.31 bits per heavy atom. The molecule has 0 atom stereocenters. The van der Waals surface area contributed by atoms with Crippen molar-refractivity contribution in [1.82, 2.24) is 5.32 Å². The van der Waals surface area contributed by atoms with Gasteiger partial charge in [0.05, 0.1) is 0 Å². The summed E-state index contributed by atoms with van der Waals surface area (Å²) in [6.07, 6.45) is 5.44. The Morgan fingerprint density at radius 2 is 2.12 bits per heavy atom. The van der Waals surface area contributed by atoms with E-state index in [0.29, 0.717) is 10.6 Å². The number of halogens is 2. The van der Waals surface area contributed by atoms with E-state index >= 15 is 0 Å². The first kappa shape index (κ1) is 11.9. The Balaban J connectivity index is 1.71. The Labute approximate surface area is 101 Å². The molecule has 0 heterocycles. The maximum atomic E-state index is 13.4. The zero-order chi connectivity index (χ0) is 11.4. The molecule has 0 saturated heterocycles. The van der Waals surface area contributed by atoms with E-state index < -0.39 is 0 Å². The lowest BCUT2D eigenvalue weighted by Crippen LogP contribution is -2.17. The van der Waals surface area contributed by atoms with Crippen LogP contribution in [0.2, 0.25) is 5.02 Å². The van der Waals surface area contributed by atoms with Crippen molar-refractivity contribution in [3.8, 4) is 0 Å². The number of unbranched alkanes of at least 4 members (excludes halogenated alkanes) is 1. The van der Waals surface area contributed by atoms with Gasteiger partial charge in [-0.15, -0.1) is 0 Å². The number of nitrogens with one attached hydrogen (secondary N) is 1. The highest BCUT2D eigenvalue weighted by Gasteiger charge is 2.19. The molecule has 16 heavy (non-hydrogen) atoms. The highest BCUT2D eigenvalue weighted by Crippen LogP contribution is 2.21. The van der Waals surface area contributed by atoms with Crippen molar-refractivity contribution in [2.24, 2.45) is 0 Å². The summed E-state index contributed by atoms with van der Waals surface area (Å²) in [6, 6.07) is 5.64. The first-order valence-electron chi connectivity index (χ1n) is 5.93. The third kappa shape index (κ3) is 3.46. The third-order valence-corrected chi connectivity index (χ3v) is 3.28. The number of hydrogen-bond donors (Lipinski definition) is 1. The third-order valence-electron chi connectivity index (χ3n) is 2.93. The van der Waals surface area contributed by atoms with Crippen molar-refractivity contribution in [2.45, 2.75) is 38.1 Å². The lowest BCUT2D eigenvalue weighted by atomic mass is 10.1. The Kier molecular flexibility index (Phi) is 4.19. The van der Waals surface area contributed by atoms with Crippen LogP contribution in [0.25, 0.3) is 0 Å². The highest BCUT2D eigenvalue weighted by molar-refractivity contribution is 6.31. The molecule has 1 aliphatic carbocycles. The van der Waals surface area contributed by atoms with Gasteiger partial charge in [-0.3, -0.25) is 0 Å². The van der Waals surface area contributed by atoms with Gasteiger partial charge in [-0.25, -0.2) is 4.39 Å². The number of rotatable bonds is 6. The van der Waals surface area contributed by atoms with Gasteiger partial charge in [-0.05, 0) is 50.8 Å². The Bertz CT molecular complexity index is 330. The molecule has 88 valence electrons. The zero-order valence-corrected chi connectivity index (χ0v) is 10.1.